The summed E-state index contributed by atoms with van der Waals surface area (Å²) in [6.07, 6.45) is 10.1. The topological polar surface area (TPSA) is 55.1 Å². The van der Waals surface area contributed by atoms with Crippen LogP contribution in [0, 0.1) is 6.92 Å². The van der Waals surface area contributed by atoms with Gasteiger partial charge in [-0.05, 0) is 13.3 Å². The fourth-order valence-corrected chi connectivity index (χ4v) is 2.98. The summed E-state index contributed by atoms with van der Waals surface area (Å²) in [7, 11) is 0. The highest BCUT2D eigenvalue weighted by atomic mass is 16.5. The van der Waals surface area contributed by atoms with E-state index in [4.69, 9.17) is 4.52 Å². The van der Waals surface area contributed by atoms with E-state index >= 15 is 0 Å². The van der Waals surface area contributed by atoms with E-state index < -0.39 is 0 Å². The minimum Gasteiger partial charge on any atom is -0.360 e. The minimum atomic E-state index is -0.0967. The zero-order chi connectivity index (χ0) is 17.9. The molecule has 1 N–H and O–H groups in total. The first-order valence-electron chi connectivity index (χ1n) is 9.54. The van der Waals surface area contributed by atoms with E-state index in [2.05, 4.69) is 17.4 Å². The monoisotopic (exact) mass is 342 g/mol. The molecule has 1 aromatic heterocycles. The Labute approximate surface area is 151 Å². The molecule has 1 amide bonds. The van der Waals surface area contributed by atoms with E-state index in [1.54, 1.807) is 6.92 Å². The normalized spacial score (nSPS) is 10.8. The van der Waals surface area contributed by atoms with Crippen LogP contribution in [-0.2, 0) is 0 Å². The fourth-order valence-electron chi connectivity index (χ4n) is 2.98. The van der Waals surface area contributed by atoms with Crippen molar-refractivity contribution in [3.8, 4) is 11.3 Å². The molecule has 0 aliphatic heterocycles. The molecule has 2 rings (SSSR count). The Morgan fingerprint density at radius 2 is 1.64 bits per heavy atom. The molecule has 0 saturated carbocycles. The summed E-state index contributed by atoms with van der Waals surface area (Å²) in [6, 6.07) is 9.68. The van der Waals surface area contributed by atoms with Crippen molar-refractivity contribution in [3.63, 3.8) is 0 Å². The lowest BCUT2D eigenvalue weighted by atomic mass is 10.1. The third-order valence-electron chi connectivity index (χ3n) is 4.45. The number of unbranched alkanes of at least 4 members (excludes halogenated alkanes) is 7. The first-order valence-corrected chi connectivity index (χ1v) is 9.54. The van der Waals surface area contributed by atoms with Gasteiger partial charge in [-0.25, -0.2) is 0 Å². The van der Waals surface area contributed by atoms with Gasteiger partial charge in [0.1, 0.15) is 17.0 Å². The van der Waals surface area contributed by atoms with Gasteiger partial charge in [-0.1, -0.05) is 87.4 Å². The van der Waals surface area contributed by atoms with Crippen molar-refractivity contribution < 1.29 is 9.32 Å². The van der Waals surface area contributed by atoms with Gasteiger partial charge in [-0.3, -0.25) is 4.79 Å². The maximum absolute atomic E-state index is 12.5. The van der Waals surface area contributed by atoms with Gasteiger partial charge in [0.05, 0.1) is 0 Å². The second kappa shape index (κ2) is 10.7. The van der Waals surface area contributed by atoms with E-state index in [1.165, 1.54) is 44.9 Å². The number of nitrogens with zero attached hydrogens (tertiary/aromatic N) is 1. The number of aromatic nitrogens is 1. The van der Waals surface area contributed by atoms with Crippen LogP contribution in [0.25, 0.3) is 11.3 Å². The summed E-state index contributed by atoms with van der Waals surface area (Å²) in [5.41, 5.74) is 2.06. The molecule has 4 nitrogen and oxygen atoms in total. The van der Waals surface area contributed by atoms with Crippen molar-refractivity contribution in [1.82, 2.24) is 10.5 Å². The van der Waals surface area contributed by atoms with Gasteiger partial charge in [0.2, 0.25) is 0 Å². The molecule has 0 radical (unpaired) electrons. The Morgan fingerprint density at radius 1 is 1.00 bits per heavy atom. The van der Waals surface area contributed by atoms with Gasteiger partial charge < -0.3 is 9.84 Å². The minimum absolute atomic E-state index is 0.0967. The Balaban J connectivity index is 1.76. The molecule has 136 valence electrons. The predicted molar refractivity (Wildman–Crippen MR) is 102 cm³/mol. The lowest BCUT2D eigenvalue weighted by Crippen LogP contribution is -2.25. The molecule has 25 heavy (non-hydrogen) atoms. The second-order valence-electron chi connectivity index (χ2n) is 6.56. The number of rotatable bonds is 11. The first-order chi connectivity index (χ1) is 12.2. The quantitative estimate of drug-likeness (QED) is 0.547. The molecule has 2 aromatic rings. The zero-order valence-electron chi connectivity index (χ0n) is 15.5. The van der Waals surface area contributed by atoms with E-state index in [0.717, 1.165) is 12.0 Å². The van der Waals surface area contributed by atoms with Crippen LogP contribution >= 0.6 is 0 Å². The molecule has 0 unspecified atom stereocenters. The zero-order valence-corrected chi connectivity index (χ0v) is 15.5. The van der Waals surface area contributed by atoms with Gasteiger partial charge in [-0.15, -0.1) is 0 Å². The van der Waals surface area contributed by atoms with Crippen molar-refractivity contribution in [2.75, 3.05) is 6.54 Å². The Morgan fingerprint density at radius 3 is 2.32 bits per heavy atom. The highest BCUT2D eigenvalue weighted by Gasteiger charge is 2.20. The van der Waals surface area contributed by atoms with E-state index in [-0.39, 0.29) is 5.91 Å². The average molecular weight is 342 g/mol. The fraction of sp³-hybridized carbons (Fsp3) is 0.524. The molecule has 0 atom stereocenters. The molecule has 0 aliphatic rings. The smallest absolute Gasteiger partial charge is 0.257 e. The SMILES string of the molecule is CCCCCCCCCCNC(=O)c1c(-c2ccccc2)noc1C. The molecule has 1 heterocycles. The van der Waals surface area contributed by atoms with Gasteiger partial charge >= 0.3 is 0 Å². The summed E-state index contributed by atoms with van der Waals surface area (Å²) in [4.78, 5) is 12.5. The molecule has 0 fully saturated rings. The summed E-state index contributed by atoms with van der Waals surface area (Å²) < 4.78 is 5.25. The third-order valence-corrected chi connectivity index (χ3v) is 4.45. The highest BCUT2D eigenvalue weighted by molar-refractivity contribution is 6.00. The van der Waals surface area contributed by atoms with E-state index in [9.17, 15) is 4.79 Å². The van der Waals surface area contributed by atoms with Crippen LogP contribution in [0.2, 0.25) is 0 Å². The van der Waals surface area contributed by atoms with Crippen molar-refractivity contribution >= 4 is 5.91 Å². The average Bonchev–Trinajstić information content (AvgIpc) is 3.02. The molecule has 0 aliphatic carbocycles. The molecule has 0 saturated heterocycles. The lowest BCUT2D eigenvalue weighted by molar-refractivity contribution is 0.0952. The number of benzene rings is 1. The van der Waals surface area contributed by atoms with Gasteiger partial charge in [0.15, 0.2) is 0 Å². The maximum atomic E-state index is 12.5. The summed E-state index contributed by atoms with van der Waals surface area (Å²) in [5.74, 6) is 0.466. The Kier molecular flexibility index (Phi) is 8.23. The molecule has 4 heteroatoms. The predicted octanol–water partition coefficient (Wildman–Crippen LogP) is 5.52. The second-order valence-corrected chi connectivity index (χ2v) is 6.56. The lowest BCUT2D eigenvalue weighted by Gasteiger charge is -2.06. The maximum Gasteiger partial charge on any atom is 0.257 e. The highest BCUT2D eigenvalue weighted by Crippen LogP contribution is 2.24. The summed E-state index contributed by atoms with van der Waals surface area (Å²) in [5, 5.41) is 7.07. The summed E-state index contributed by atoms with van der Waals surface area (Å²) >= 11 is 0. The van der Waals surface area contributed by atoms with E-state index in [1.807, 2.05) is 30.3 Å². The van der Waals surface area contributed by atoms with Crippen LogP contribution in [0.3, 0.4) is 0 Å². The Hall–Kier alpha value is -2.10. The van der Waals surface area contributed by atoms with Crippen LogP contribution < -0.4 is 5.32 Å². The van der Waals surface area contributed by atoms with Crippen LogP contribution in [0.5, 0.6) is 0 Å². The number of hydrogen-bond acceptors (Lipinski definition) is 3. The number of amides is 1. The third kappa shape index (κ3) is 6.04. The number of carbonyl (C=O) groups is 1. The molecular weight excluding hydrogens is 312 g/mol. The Bertz CT molecular complexity index is 635. The molecule has 0 bridgehead atoms. The van der Waals surface area contributed by atoms with Gasteiger partial charge in [-0.2, -0.15) is 0 Å². The van der Waals surface area contributed by atoms with Crippen LogP contribution in [0.1, 0.15) is 74.4 Å². The standard InChI is InChI=1S/C21H30N2O2/c1-3-4-5-6-7-8-9-13-16-22-21(24)19-17(2)25-23-20(19)18-14-11-10-12-15-18/h10-12,14-15H,3-9,13,16H2,1-2H3,(H,22,24). The molecular formula is C21H30N2O2. The van der Waals surface area contributed by atoms with Crippen LogP contribution in [-0.4, -0.2) is 17.6 Å². The first kappa shape index (κ1) is 19.2. The van der Waals surface area contributed by atoms with Crippen molar-refractivity contribution in [1.29, 1.82) is 0 Å². The van der Waals surface area contributed by atoms with Crippen molar-refractivity contribution in [2.24, 2.45) is 0 Å². The van der Waals surface area contributed by atoms with E-state index in [0.29, 0.717) is 23.6 Å². The van der Waals surface area contributed by atoms with Crippen molar-refractivity contribution in [2.45, 2.75) is 65.2 Å². The van der Waals surface area contributed by atoms with Crippen LogP contribution in [0.15, 0.2) is 34.9 Å². The van der Waals surface area contributed by atoms with Gasteiger partial charge in [0.25, 0.3) is 5.91 Å². The largest absolute Gasteiger partial charge is 0.360 e. The van der Waals surface area contributed by atoms with Gasteiger partial charge in [0, 0.05) is 12.1 Å². The summed E-state index contributed by atoms with van der Waals surface area (Å²) in [6.45, 7) is 4.72. The van der Waals surface area contributed by atoms with Crippen molar-refractivity contribution in [3.05, 3.63) is 41.7 Å². The molecule has 0 spiro atoms. The number of nitrogens with one attached hydrogen (secondary N) is 1. The number of carbonyl (C=O) groups excluding carboxylic acids is 1. The van der Waals surface area contributed by atoms with Crippen LogP contribution in [0.4, 0.5) is 0 Å². The number of hydrogen-bond donors (Lipinski definition) is 1. The molecule has 1 aromatic carbocycles. The number of aryl methyl sites for hydroxylation is 1.